The van der Waals surface area contributed by atoms with Gasteiger partial charge in [-0.2, -0.15) is 5.26 Å². The van der Waals surface area contributed by atoms with Crippen molar-refractivity contribution in [3.05, 3.63) is 29.8 Å². The fourth-order valence-electron chi connectivity index (χ4n) is 2.71. The van der Waals surface area contributed by atoms with E-state index in [4.69, 9.17) is 10.00 Å². The molecule has 1 amide bonds. The maximum Gasteiger partial charge on any atom is 0.415 e. The first-order valence-corrected chi connectivity index (χ1v) is 6.44. The number of hydrogen-bond donors (Lipinski definition) is 1. The van der Waals surface area contributed by atoms with Crippen molar-refractivity contribution in [2.75, 3.05) is 24.5 Å². The molecule has 3 rings (SSSR count). The molecule has 1 aromatic carbocycles. The first kappa shape index (κ1) is 12.0. The standard InChI is InChI=1S/C14H15N3O2/c15-9-11-2-1-3-12(8-11)17-10-14(19-13(17)18)4-6-16-7-5-14/h1-3,8,16H,4-7,10H2. The quantitative estimate of drug-likeness (QED) is 0.830. The van der Waals surface area contributed by atoms with Crippen LogP contribution in [-0.2, 0) is 4.74 Å². The van der Waals surface area contributed by atoms with Gasteiger partial charge in [-0.15, -0.1) is 0 Å². The first-order chi connectivity index (χ1) is 9.22. The lowest BCUT2D eigenvalue weighted by atomic mass is 9.92. The Hall–Kier alpha value is -2.06. The molecule has 0 radical (unpaired) electrons. The normalized spacial score (nSPS) is 21.2. The summed E-state index contributed by atoms with van der Waals surface area (Å²) in [6, 6.07) is 9.16. The van der Waals surface area contributed by atoms with Gasteiger partial charge >= 0.3 is 6.09 Å². The molecule has 2 heterocycles. The molecule has 2 aliphatic heterocycles. The van der Waals surface area contributed by atoms with Crippen LogP contribution in [0.25, 0.3) is 0 Å². The molecular weight excluding hydrogens is 242 g/mol. The summed E-state index contributed by atoms with van der Waals surface area (Å²) in [6.07, 6.45) is 1.37. The van der Waals surface area contributed by atoms with E-state index in [0.29, 0.717) is 12.1 Å². The number of benzene rings is 1. The van der Waals surface area contributed by atoms with Crippen molar-refractivity contribution in [3.63, 3.8) is 0 Å². The Morgan fingerprint density at radius 1 is 1.37 bits per heavy atom. The van der Waals surface area contributed by atoms with Crippen LogP contribution in [0.5, 0.6) is 0 Å². The predicted octanol–water partition coefficient (Wildman–Crippen LogP) is 1.64. The Kier molecular flexibility index (Phi) is 2.88. The van der Waals surface area contributed by atoms with Crippen LogP contribution < -0.4 is 10.2 Å². The number of carbonyl (C=O) groups is 1. The minimum Gasteiger partial charge on any atom is -0.441 e. The number of nitriles is 1. The second kappa shape index (κ2) is 4.56. The number of hydrogen-bond acceptors (Lipinski definition) is 4. The highest BCUT2D eigenvalue weighted by Gasteiger charge is 2.46. The highest BCUT2D eigenvalue weighted by molar-refractivity contribution is 5.90. The maximum absolute atomic E-state index is 12.0. The van der Waals surface area contributed by atoms with Crippen LogP contribution in [0, 0.1) is 11.3 Å². The molecule has 2 aliphatic rings. The number of piperidine rings is 1. The molecule has 98 valence electrons. The number of rotatable bonds is 1. The van der Waals surface area contributed by atoms with Gasteiger partial charge in [-0.3, -0.25) is 4.90 Å². The molecule has 5 nitrogen and oxygen atoms in total. The van der Waals surface area contributed by atoms with Crippen LogP contribution in [0.4, 0.5) is 10.5 Å². The highest BCUT2D eigenvalue weighted by Crippen LogP contribution is 2.34. The van der Waals surface area contributed by atoms with E-state index in [-0.39, 0.29) is 11.7 Å². The molecule has 5 heteroatoms. The van der Waals surface area contributed by atoms with Gasteiger partial charge in [0.1, 0.15) is 5.60 Å². The predicted molar refractivity (Wildman–Crippen MR) is 69.8 cm³/mol. The maximum atomic E-state index is 12.0. The van der Waals surface area contributed by atoms with Crippen LogP contribution in [0.15, 0.2) is 24.3 Å². The van der Waals surface area contributed by atoms with E-state index in [2.05, 4.69) is 11.4 Å². The zero-order chi connectivity index (χ0) is 13.3. The minimum absolute atomic E-state index is 0.308. The fourth-order valence-corrected chi connectivity index (χ4v) is 2.71. The number of ether oxygens (including phenoxy) is 1. The molecule has 0 saturated carbocycles. The number of anilines is 1. The lowest BCUT2D eigenvalue weighted by Gasteiger charge is -2.31. The van der Waals surface area contributed by atoms with Crippen molar-refractivity contribution in [2.24, 2.45) is 0 Å². The van der Waals surface area contributed by atoms with Gasteiger partial charge in [0.2, 0.25) is 0 Å². The third kappa shape index (κ3) is 2.15. The molecule has 1 aromatic rings. The lowest BCUT2D eigenvalue weighted by Crippen LogP contribution is -2.44. The Morgan fingerprint density at radius 2 is 2.16 bits per heavy atom. The van der Waals surface area contributed by atoms with Gasteiger partial charge in [-0.1, -0.05) is 6.07 Å². The Labute approximate surface area is 111 Å². The smallest absolute Gasteiger partial charge is 0.415 e. The van der Waals surface area contributed by atoms with Gasteiger partial charge in [-0.25, -0.2) is 4.79 Å². The highest BCUT2D eigenvalue weighted by atomic mass is 16.6. The molecule has 0 atom stereocenters. The monoisotopic (exact) mass is 257 g/mol. The van der Waals surface area contributed by atoms with E-state index in [0.717, 1.165) is 31.6 Å². The van der Waals surface area contributed by atoms with E-state index >= 15 is 0 Å². The third-order valence-electron chi connectivity index (χ3n) is 3.77. The largest absolute Gasteiger partial charge is 0.441 e. The van der Waals surface area contributed by atoms with E-state index in [1.54, 1.807) is 23.1 Å². The Morgan fingerprint density at radius 3 is 2.89 bits per heavy atom. The van der Waals surface area contributed by atoms with Crippen molar-refractivity contribution in [1.29, 1.82) is 5.26 Å². The third-order valence-corrected chi connectivity index (χ3v) is 3.77. The van der Waals surface area contributed by atoms with E-state index in [1.165, 1.54) is 0 Å². The average molecular weight is 257 g/mol. The van der Waals surface area contributed by atoms with Crippen LogP contribution in [0.1, 0.15) is 18.4 Å². The molecule has 2 fully saturated rings. The molecule has 2 saturated heterocycles. The molecule has 1 spiro atoms. The molecule has 1 N–H and O–H groups in total. The molecule has 0 unspecified atom stereocenters. The summed E-state index contributed by atoms with van der Waals surface area (Å²) in [5, 5.41) is 12.2. The zero-order valence-corrected chi connectivity index (χ0v) is 10.6. The second-order valence-electron chi connectivity index (χ2n) is 5.05. The van der Waals surface area contributed by atoms with Gasteiger partial charge in [-0.05, 0) is 31.3 Å². The fraction of sp³-hybridized carbons (Fsp3) is 0.429. The van der Waals surface area contributed by atoms with Crippen molar-refractivity contribution >= 4 is 11.8 Å². The average Bonchev–Trinajstić information content (AvgIpc) is 2.76. The summed E-state index contributed by atoms with van der Waals surface area (Å²) in [6.45, 7) is 2.32. The molecule has 19 heavy (non-hydrogen) atoms. The van der Waals surface area contributed by atoms with Crippen LogP contribution in [-0.4, -0.2) is 31.3 Å². The van der Waals surface area contributed by atoms with Crippen molar-refractivity contribution < 1.29 is 9.53 Å². The van der Waals surface area contributed by atoms with Gasteiger partial charge < -0.3 is 10.1 Å². The summed E-state index contributed by atoms with van der Waals surface area (Å²) in [4.78, 5) is 13.7. The topological polar surface area (TPSA) is 65.4 Å². The molecular formula is C14H15N3O2. The van der Waals surface area contributed by atoms with Crippen LogP contribution >= 0.6 is 0 Å². The number of nitrogens with zero attached hydrogens (tertiary/aromatic N) is 2. The van der Waals surface area contributed by atoms with Crippen LogP contribution in [0.2, 0.25) is 0 Å². The first-order valence-electron chi connectivity index (χ1n) is 6.44. The van der Waals surface area contributed by atoms with E-state index in [1.807, 2.05) is 6.07 Å². The molecule has 0 bridgehead atoms. The summed E-state index contributed by atoms with van der Waals surface area (Å²) in [5.41, 5.74) is 0.932. The number of nitrogens with one attached hydrogen (secondary N) is 1. The Balaban J connectivity index is 1.85. The van der Waals surface area contributed by atoms with Gasteiger partial charge in [0, 0.05) is 18.5 Å². The van der Waals surface area contributed by atoms with E-state index < -0.39 is 0 Å². The van der Waals surface area contributed by atoms with Crippen LogP contribution in [0.3, 0.4) is 0 Å². The molecule has 0 aromatic heterocycles. The lowest BCUT2D eigenvalue weighted by molar-refractivity contribution is 0.0316. The van der Waals surface area contributed by atoms with Crippen molar-refractivity contribution in [3.8, 4) is 6.07 Å². The zero-order valence-electron chi connectivity index (χ0n) is 10.6. The SMILES string of the molecule is N#Cc1cccc(N2CC3(CCNCC3)OC2=O)c1. The van der Waals surface area contributed by atoms with Gasteiger partial charge in [0.25, 0.3) is 0 Å². The molecule has 0 aliphatic carbocycles. The number of amides is 1. The Bertz CT molecular complexity index is 544. The van der Waals surface area contributed by atoms with Gasteiger partial charge in [0.05, 0.1) is 18.2 Å². The summed E-state index contributed by atoms with van der Waals surface area (Å²) < 4.78 is 5.59. The van der Waals surface area contributed by atoms with Crippen molar-refractivity contribution in [2.45, 2.75) is 18.4 Å². The minimum atomic E-state index is -0.356. The van der Waals surface area contributed by atoms with E-state index in [9.17, 15) is 4.79 Å². The number of carbonyl (C=O) groups excluding carboxylic acids is 1. The second-order valence-corrected chi connectivity index (χ2v) is 5.05. The summed E-state index contributed by atoms with van der Waals surface area (Å²) in [5.74, 6) is 0. The van der Waals surface area contributed by atoms with Crippen molar-refractivity contribution in [1.82, 2.24) is 5.32 Å². The van der Waals surface area contributed by atoms with Gasteiger partial charge in [0.15, 0.2) is 0 Å². The summed E-state index contributed by atoms with van der Waals surface area (Å²) >= 11 is 0. The summed E-state index contributed by atoms with van der Waals surface area (Å²) in [7, 11) is 0.